The van der Waals surface area contributed by atoms with Crippen LogP contribution < -0.4 is 10.5 Å². The van der Waals surface area contributed by atoms with Crippen LogP contribution in [-0.2, 0) is 6.61 Å². The standard InChI is InChI=1S/C14H14FNO/c1-10-6-7-12(16)8-14(10)17-9-11-4-2-3-5-13(11)15/h2-8H,9,16H2,1H3. The van der Waals surface area contributed by atoms with Gasteiger partial charge in [-0.1, -0.05) is 24.3 Å². The van der Waals surface area contributed by atoms with Crippen LogP contribution in [0, 0.1) is 12.7 Å². The number of benzene rings is 2. The number of rotatable bonds is 3. The van der Waals surface area contributed by atoms with Crippen LogP contribution in [0.15, 0.2) is 42.5 Å². The summed E-state index contributed by atoms with van der Waals surface area (Å²) in [6, 6.07) is 12.0. The molecule has 2 N–H and O–H groups in total. The summed E-state index contributed by atoms with van der Waals surface area (Å²) < 4.78 is 18.9. The van der Waals surface area contributed by atoms with Gasteiger partial charge in [0, 0.05) is 17.3 Å². The third-order valence-corrected chi connectivity index (χ3v) is 2.55. The third kappa shape index (κ3) is 2.75. The van der Waals surface area contributed by atoms with Crippen molar-refractivity contribution >= 4 is 5.69 Å². The molecule has 0 aliphatic heterocycles. The maximum absolute atomic E-state index is 13.4. The quantitative estimate of drug-likeness (QED) is 0.822. The second-order valence-corrected chi connectivity index (χ2v) is 3.91. The summed E-state index contributed by atoms with van der Waals surface area (Å²) in [5, 5.41) is 0. The normalized spacial score (nSPS) is 10.2. The highest BCUT2D eigenvalue weighted by Crippen LogP contribution is 2.22. The summed E-state index contributed by atoms with van der Waals surface area (Å²) in [6.45, 7) is 2.13. The molecule has 3 heteroatoms. The van der Waals surface area contributed by atoms with Gasteiger partial charge in [0.15, 0.2) is 0 Å². The van der Waals surface area contributed by atoms with Gasteiger partial charge < -0.3 is 10.5 Å². The Labute approximate surface area is 99.8 Å². The molecule has 0 aliphatic carbocycles. The SMILES string of the molecule is Cc1ccc(N)cc1OCc1ccccc1F. The van der Waals surface area contributed by atoms with E-state index in [1.165, 1.54) is 6.07 Å². The minimum atomic E-state index is -0.256. The molecular formula is C14H14FNO. The molecule has 0 fully saturated rings. The van der Waals surface area contributed by atoms with Crippen LogP contribution in [0.2, 0.25) is 0 Å². The molecule has 2 nitrogen and oxygen atoms in total. The van der Waals surface area contributed by atoms with Gasteiger partial charge in [-0.05, 0) is 24.6 Å². The number of halogens is 1. The van der Waals surface area contributed by atoms with E-state index in [-0.39, 0.29) is 12.4 Å². The molecule has 0 spiro atoms. The maximum atomic E-state index is 13.4. The van der Waals surface area contributed by atoms with E-state index in [0.29, 0.717) is 17.0 Å². The molecule has 2 aromatic rings. The molecular weight excluding hydrogens is 217 g/mol. The Bertz CT molecular complexity index is 525. The van der Waals surface area contributed by atoms with Crippen LogP contribution in [0.3, 0.4) is 0 Å². The number of aryl methyl sites for hydroxylation is 1. The van der Waals surface area contributed by atoms with E-state index in [1.807, 2.05) is 19.1 Å². The Balaban J connectivity index is 2.12. The zero-order valence-electron chi connectivity index (χ0n) is 9.61. The zero-order chi connectivity index (χ0) is 12.3. The highest BCUT2D eigenvalue weighted by Gasteiger charge is 2.04. The van der Waals surface area contributed by atoms with Gasteiger partial charge in [-0.15, -0.1) is 0 Å². The van der Waals surface area contributed by atoms with Crippen molar-refractivity contribution in [2.24, 2.45) is 0 Å². The first-order valence-electron chi connectivity index (χ1n) is 5.39. The van der Waals surface area contributed by atoms with Gasteiger partial charge >= 0.3 is 0 Å². The number of anilines is 1. The average molecular weight is 231 g/mol. The van der Waals surface area contributed by atoms with Gasteiger partial charge in [-0.25, -0.2) is 4.39 Å². The summed E-state index contributed by atoms with van der Waals surface area (Å²) in [7, 11) is 0. The lowest BCUT2D eigenvalue weighted by Crippen LogP contribution is -2.00. The first-order chi connectivity index (χ1) is 8.16. The number of ether oxygens (including phenoxy) is 1. The Morgan fingerprint density at radius 3 is 2.71 bits per heavy atom. The van der Waals surface area contributed by atoms with Gasteiger partial charge in [0.1, 0.15) is 18.2 Å². The third-order valence-electron chi connectivity index (χ3n) is 2.55. The van der Waals surface area contributed by atoms with Crippen LogP contribution in [0.25, 0.3) is 0 Å². The van der Waals surface area contributed by atoms with E-state index < -0.39 is 0 Å². The van der Waals surface area contributed by atoms with E-state index in [2.05, 4.69) is 0 Å². The lowest BCUT2D eigenvalue weighted by atomic mass is 10.2. The van der Waals surface area contributed by atoms with Crippen molar-refractivity contribution in [3.8, 4) is 5.75 Å². The van der Waals surface area contributed by atoms with Crippen molar-refractivity contribution in [2.45, 2.75) is 13.5 Å². The molecule has 0 radical (unpaired) electrons. The molecule has 0 unspecified atom stereocenters. The molecule has 17 heavy (non-hydrogen) atoms. The van der Waals surface area contributed by atoms with E-state index in [0.717, 1.165) is 5.56 Å². The smallest absolute Gasteiger partial charge is 0.129 e. The minimum absolute atomic E-state index is 0.205. The van der Waals surface area contributed by atoms with Crippen LogP contribution in [0.5, 0.6) is 5.75 Å². The molecule has 2 aromatic carbocycles. The molecule has 88 valence electrons. The second kappa shape index (κ2) is 4.87. The molecule has 2 rings (SSSR count). The predicted molar refractivity (Wildman–Crippen MR) is 66.3 cm³/mol. The summed E-state index contributed by atoms with van der Waals surface area (Å²) in [5.41, 5.74) is 7.83. The average Bonchev–Trinajstić information content (AvgIpc) is 2.32. The first-order valence-corrected chi connectivity index (χ1v) is 5.39. The largest absolute Gasteiger partial charge is 0.488 e. The van der Waals surface area contributed by atoms with Gasteiger partial charge in [0.05, 0.1) is 0 Å². The highest BCUT2D eigenvalue weighted by atomic mass is 19.1. The van der Waals surface area contributed by atoms with Gasteiger partial charge in [-0.3, -0.25) is 0 Å². The summed E-state index contributed by atoms with van der Waals surface area (Å²) in [6.07, 6.45) is 0. The van der Waals surface area contributed by atoms with Crippen molar-refractivity contribution in [1.82, 2.24) is 0 Å². The number of hydrogen-bond acceptors (Lipinski definition) is 2. The lowest BCUT2D eigenvalue weighted by Gasteiger charge is -2.10. The Morgan fingerprint density at radius 2 is 1.94 bits per heavy atom. The topological polar surface area (TPSA) is 35.2 Å². The van der Waals surface area contributed by atoms with E-state index in [1.54, 1.807) is 24.3 Å². The van der Waals surface area contributed by atoms with E-state index in [9.17, 15) is 4.39 Å². The van der Waals surface area contributed by atoms with Gasteiger partial charge in [0.2, 0.25) is 0 Å². The Morgan fingerprint density at radius 1 is 1.18 bits per heavy atom. The predicted octanol–water partition coefficient (Wildman–Crippen LogP) is 3.30. The Hall–Kier alpha value is -2.03. The maximum Gasteiger partial charge on any atom is 0.129 e. The van der Waals surface area contributed by atoms with Crippen molar-refractivity contribution in [3.05, 3.63) is 59.4 Å². The van der Waals surface area contributed by atoms with Crippen molar-refractivity contribution < 1.29 is 9.13 Å². The molecule has 0 heterocycles. The monoisotopic (exact) mass is 231 g/mol. The van der Waals surface area contributed by atoms with Crippen LogP contribution in [0.1, 0.15) is 11.1 Å². The number of nitrogens with two attached hydrogens (primary N) is 1. The number of nitrogen functional groups attached to an aromatic ring is 1. The first kappa shape index (κ1) is 11.5. The molecule has 0 atom stereocenters. The summed E-state index contributed by atoms with van der Waals surface area (Å²) in [4.78, 5) is 0. The molecule has 0 aliphatic rings. The highest BCUT2D eigenvalue weighted by molar-refractivity contribution is 5.48. The molecule has 0 bridgehead atoms. The van der Waals surface area contributed by atoms with Crippen LogP contribution >= 0.6 is 0 Å². The fourth-order valence-corrected chi connectivity index (χ4v) is 1.54. The minimum Gasteiger partial charge on any atom is -0.488 e. The van der Waals surface area contributed by atoms with Gasteiger partial charge in [-0.2, -0.15) is 0 Å². The molecule has 0 saturated carbocycles. The van der Waals surface area contributed by atoms with Crippen molar-refractivity contribution in [2.75, 3.05) is 5.73 Å². The van der Waals surface area contributed by atoms with Crippen LogP contribution in [0.4, 0.5) is 10.1 Å². The van der Waals surface area contributed by atoms with Gasteiger partial charge in [0.25, 0.3) is 0 Å². The number of hydrogen-bond donors (Lipinski definition) is 1. The fourth-order valence-electron chi connectivity index (χ4n) is 1.54. The molecule has 0 amide bonds. The van der Waals surface area contributed by atoms with E-state index in [4.69, 9.17) is 10.5 Å². The summed E-state index contributed by atoms with van der Waals surface area (Å²) in [5.74, 6) is 0.433. The lowest BCUT2D eigenvalue weighted by molar-refractivity contribution is 0.298. The Kier molecular flexibility index (Phi) is 3.28. The fraction of sp³-hybridized carbons (Fsp3) is 0.143. The molecule has 0 saturated heterocycles. The van der Waals surface area contributed by atoms with Crippen molar-refractivity contribution in [3.63, 3.8) is 0 Å². The molecule has 0 aromatic heterocycles. The van der Waals surface area contributed by atoms with Crippen molar-refractivity contribution in [1.29, 1.82) is 0 Å². The van der Waals surface area contributed by atoms with Crippen LogP contribution in [-0.4, -0.2) is 0 Å². The second-order valence-electron chi connectivity index (χ2n) is 3.91. The summed E-state index contributed by atoms with van der Waals surface area (Å²) >= 11 is 0. The van der Waals surface area contributed by atoms with E-state index >= 15 is 0 Å². The zero-order valence-corrected chi connectivity index (χ0v) is 9.61.